The van der Waals surface area contributed by atoms with Crippen LogP contribution in [0.4, 0.5) is 0 Å². The molecule has 75 heavy (non-hydrogen) atoms. The molecule has 5 heteroatoms. The summed E-state index contributed by atoms with van der Waals surface area (Å²) >= 11 is 0. The van der Waals surface area contributed by atoms with Gasteiger partial charge in [0.25, 0.3) is 0 Å². The molecule has 4 heterocycles. The number of nitrogens with zero attached hydrogens (tertiary/aromatic N) is 4. The first-order valence-corrected chi connectivity index (χ1v) is 26.0. The number of halogens is 1. The van der Waals surface area contributed by atoms with Crippen LogP contribution in [0, 0.1) is 47.4 Å². The minimum atomic E-state index is 0. The molecule has 0 amide bonds. The summed E-state index contributed by atoms with van der Waals surface area (Å²) in [6.07, 6.45) is 24.1. The summed E-state index contributed by atoms with van der Waals surface area (Å²) in [5.41, 5.74) is 13.4. The van der Waals surface area contributed by atoms with Gasteiger partial charge in [0.1, 0.15) is 26.2 Å². The predicted octanol–water partition coefficient (Wildman–Crippen LogP) is 9.84. The molecule has 0 saturated carbocycles. The number of aryl methyl sites for hydroxylation is 4. The Kier molecular flexibility index (Phi) is 20.1. The summed E-state index contributed by atoms with van der Waals surface area (Å²) in [4.78, 5) is 0. The van der Waals surface area contributed by atoms with Crippen LogP contribution in [0.3, 0.4) is 0 Å². The highest BCUT2D eigenvalue weighted by atomic mass is 79.9. The van der Waals surface area contributed by atoms with E-state index in [2.05, 4.69) is 297 Å². The van der Waals surface area contributed by atoms with E-state index in [0.717, 1.165) is 99.8 Å². The number of pyridine rings is 4. The molecule has 0 saturated heterocycles. The van der Waals surface area contributed by atoms with Gasteiger partial charge in [-0.3, -0.25) is 0 Å². The molecule has 366 valence electrons. The van der Waals surface area contributed by atoms with Crippen LogP contribution in [0.15, 0.2) is 232 Å². The lowest BCUT2D eigenvalue weighted by Crippen LogP contribution is -3.00. The standard InChI is InChI=1S/C70H62N4.BrH/c1-9-25-59(26-10-1)63-37-49-71(50-38-63)45-21-5-17-33-67-57-69(35-19-7-23-47-73-53-41-65(42-54-73)61-29-13-3-14-30-61)70(36-20-8-24-48-74-55-43-66(44-56-74)62-31-15-4-16-32-62)58-68(67)34-18-6-22-46-72-51-39-64(40-52-72)60-27-11-2-12-28-60;/h1-4,9-16,25-32,37-44,49-58H,5-8,21-24,45-48H2;1H/q+4;/p-1. The van der Waals surface area contributed by atoms with Crippen molar-refractivity contribution in [3.63, 3.8) is 0 Å². The van der Waals surface area contributed by atoms with E-state index in [-0.39, 0.29) is 17.0 Å². The van der Waals surface area contributed by atoms with Crippen molar-refractivity contribution in [2.45, 2.75) is 77.5 Å². The first-order chi connectivity index (χ1) is 36.7. The topological polar surface area (TPSA) is 15.5 Å². The molecular weight excluding hydrogens is 977 g/mol. The second-order valence-electron chi connectivity index (χ2n) is 18.3. The smallest absolute Gasteiger partial charge is 0.169 e. The Morgan fingerprint density at radius 1 is 0.240 bits per heavy atom. The van der Waals surface area contributed by atoms with Crippen molar-refractivity contribution < 1.29 is 35.2 Å². The molecule has 0 bridgehead atoms. The monoisotopic (exact) mass is 1040 g/mol. The Morgan fingerprint density at radius 2 is 0.427 bits per heavy atom. The van der Waals surface area contributed by atoms with Gasteiger partial charge in [-0.2, -0.15) is 0 Å². The summed E-state index contributed by atoms with van der Waals surface area (Å²) in [6, 6.07) is 63.8. The summed E-state index contributed by atoms with van der Waals surface area (Å²) in [7, 11) is 0. The van der Waals surface area contributed by atoms with Crippen LogP contribution in [0.1, 0.15) is 73.6 Å². The van der Waals surface area contributed by atoms with E-state index in [1.54, 1.807) is 0 Å². The molecule has 0 unspecified atom stereocenters. The zero-order valence-electron chi connectivity index (χ0n) is 42.6. The quantitative estimate of drug-likeness (QED) is 0.0521. The van der Waals surface area contributed by atoms with E-state index in [9.17, 15) is 0 Å². The van der Waals surface area contributed by atoms with Crippen LogP contribution in [0.25, 0.3) is 44.5 Å². The number of hydrogen-bond donors (Lipinski definition) is 0. The van der Waals surface area contributed by atoms with Crippen LogP contribution in [0.2, 0.25) is 0 Å². The molecule has 0 aliphatic rings. The third-order valence-electron chi connectivity index (χ3n) is 12.9. The average molecular weight is 1040 g/mol. The fourth-order valence-electron chi connectivity index (χ4n) is 8.76. The largest absolute Gasteiger partial charge is 1.00 e. The third kappa shape index (κ3) is 16.2. The van der Waals surface area contributed by atoms with Crippen LogP contribution in [-0.2, 0) is 26.2 Å². The SMILES string of the molecule is C(#Cc1cc(C#CCCC[n+]2ccc(-c3ccccc3)cc2)c(C#CCCC[n+]2ccc(-c3ccccc3)cc2)cc1C#CCCC[n+]1ccc(-c2ccccc2)cc1)CCC[n+]1ccc(-c2ccccc2)cc1.[Br-]. The Hall–Kier alpha value is -8.58. The Labute approximate surface area is 455 Å². The molecule has 0 aliphatic heterocycles. The van der Waals surface area contributed by atoms with Gasteiger partial charge >= 0.3 is 0 Å². The van der Waals surface area contributed by atoms with Crippen molar-refractivity contribution in [3.8, 4) is 91.9 Å². The highest BCUT2D eigenvalue weighted by molar-refractivity contribution is 5.65. The molecule has 9 aromatic rings. The van der Waals surface area contributed by atoms with E-state index in [1.165, 1.54) is 44.5 Å². The molecule has 0 radical (unpaired) electrons. The van der Waals surface area contributed by atoms with Gasteiger partial charge in [0.05, 0.1) is 0 Å². The van der Waals surface area contributed by atoms with Crippen molar-refractivity contribution in [3.05, 3.63) is 254 Å². The van der Waals surface area contributed by atoms with Gasteiger partial charge in [-0.05, 0) is 56.6 Å². The van der Waals surface area contributed by atoms with E-state index >= 15 is 0 Å². The molecule has 4 aromatic heterocycles. The molecule has 4 nitrogen and oxygen atoms in total. The van der Waals surface area contributed by atoms with Gasteiger partial charge in [0.2, 0.25) is 0 Å². The first-order valence-electron chi connectivity index (χ1n) is 26.0. The molecule has 0 fully saturated rings. The van der Waals surface area contributed by atoms with Crippen molar-refractivity contribution in [2.24, 2.45) is 0 Å². The van der Waals surface area contributed by atoms with Crippen molar-refractivity contribution in [1.29, 1.82) is 0 Å². The van der Waals surface area contributed by atoms with Gasteiger partial charge in [-0.15, -0.1) is 0 Å². The van der Waals surface area contributed by atoms with Gasteiger partial charge < -0.3 is 17.0 Å². The van der Waals surface area contributed by atoms with Gasteiger partial charge in [-0.1, -0.05) is 169 Å². The van der Waals surface area contributed by atoms with E-state index < -0.39 is 0 Å². The molecular formula is C70H62BrN4+3. The Balaban J connectivity index is 0.00000747. The maximum Gasteiger partial charge on any atom is 0.169 e. The highest BCUT2D eigenvalue weighted by Gasteiger charge is 2.09. The summed E-state index contributed by atoms with van der Waals surface area (Å²) < 4.78 is 8.95. The van der Waals surface area contributed by atoms with E-state index in [0.29, 0.717) is 0 Å². The minimum Gasteiger partial charge on any atom is -1.00 e. The summed E-state index contributed by atoms with van der Waals surface area (Å²) in [6.45, 7) is 3.56. The fourth-order valence-corrected chi connectivity index (χ4v) is 8.76. The maximum absolute atomic E-state index is 3.54. The van der Waals surface area contributed by atoms with Crippen molar-refractivity contribution in [1.82, 2.24) is 0 Å². The second-order valence-corrected chi connectivity index (χ2v) is 18.3. The minimum absolute atomic E-state index is 0. The van der Waals surface area contributed by atoms with Crippen LogP contribution >= 0.6 is 0 Å². The lowest BCUT2D eigenvalue weighted by atomic mass is 9.98. The Bertz CT molecular complexity index is 2990. The first kappa shape index (κ1) is 52.7. The third-order valence-corrected chi connectivity index (χ3v) is 12.9. The zero-order valence-corrected chi connectivity index (χ0v) is 44.2. The normalized spacial score (nSPS) is 10.2. The molecule has 9 rings (SSSR count). The second kappa shape index (κ2) is 28.6. The predicted molar refractivity (Wildman–Crippen MR) is 299 cm³/mol. The number of rotatable bonds is 16. The van der Waals surface area contributed by atoms with Crippen LogP contribution in [-0.4, -0.2) is 0 Å². The van der Waals surface area contributed by atoms with Gasteiger partial charge in [0, 0.05) is 122 Å². The fraction of sp³-hybridized carbons (Fsp3) is 0.171. The maximum atomic E-state index is 3.54. The van der Waals surface area contributed by atoms with Crippen molar-refractivity contribution in [2.75, 3.05) is 0 Å². The van der Waals surface area contributed by atoms with E-state index in [1.807, 2.05) is 0 Å². The highest BCUT2D eigenvalue weighted by Crippen LogP contribution is 2.21. The van der Waals surface area contributed by atoms with E-state index in [4.69, 9.17) is 0 Å². The molecule has 5 aromatic carbocycles. The van der Waals surface area contributed by atoms with Gasteiger partial charge in [0.15, 0.2) is 49.6 Å². The van der Waals surface area contributed by atoms with Crippen LogP contribution in [0.5, 0.6) is 0 Å². The Morgan fingerprint density at radius 3 is 0.627 bits per heavy atom. The molecule has 0 spiro atoms. The number of unbranched alkanes of at least 4 members (excludes halogenated alkanes) is 4. The molecule has 0 N–H and O–H groups in total. The summed E-state index contributed by atoms with van der Waals surface area (Å²) in [5.74, 6) is 28.2. The molecule has 0 aliphatic carbocycles. The van der Waals surface area contributed by atoms with Crippen molar-refractivity contribution >= 4 is 0 Å². The average Bonchev–Trinajstić information content (AvgIpc) is 3.47. The summed E-state index contributed by atoms with van der Waals surface area (Å²) in [5, 5.41) is 0. The van der Waals surface area contributed by atoms with Crippen LogP contribution < -0.4 is 35.2 Å². The number of hydrogen-bond acceptors (Lipinski definition) is 0. The zero-order chi connectivity index (χ0) is 50.2. The molecule has 0 atom stereocenters. The number of benzene rings is 5. The number of aromatic nitrogens is 4. The van der Waals surface area contributed by atoms with Gasteiger partial charge in [-0.25, -0.2) is 18.3 Å². The lowest BCUT2D eigenvalue weighted by molar-refractivity contribution is -0.697. The lowest BCUT2D eigenvalue weighted by Gasteiger charge is -2.04.